The van der Waals surface area contributed by atoms with Gasteiger partial charge in [0.2, 0.25) is 17.7 Å². The number of carbonyl (C=O) groups excluding carboxylic acids is 4. The van der Waals surface area contributed by atoms with Gasteiger partial charge in [-0.1, -0.05) is 37.9 Å². The lowest BCUT2D eigenvalue weighted by molar-refractivity contribution is -0.385. The normalized spacial score (nSPS) is 26.7. The molecule has 1 saturated carbocycles. The molecule has 2 saturated heterocycles. The SMILES string of the molecule is Cc1cc(OC(=O)[C@@H]2CC(=O)N(c3ccc(C)c([N+](=O)[O-])c3)C2)ccc1N1C(=O)[C@H]2C[C@H](Br)[C@@H](Br)C[C@H]2C1=O. The van der Waals surface area contributed by atoms with Gasteiger partial charge in [-0.25, -0.2) is 4.90 Å². The fourth-order valence-electron chi connectivity index (χ4n) is 5.55. The number of ether oxygens (including phenoxy) is 1. The number of nitro groups is 1. The van der Waals surface area contributed by atoms with Crippen molar-refractivity contribution in [3.63, 3.8) is 0 Å². The van der Waals surface area contributed by atoms with E-state index in [0.717, 1.165) is 0 Å². The number of hydrogen-bond acceptors (Lipinski definition) is 7. The van der Waals surface area contributed by atoms with Gasteiger partial charge >= 0.3 is 5.97 Å². The van der Waals surface area contributed by atoms with E-state index in [1.165, 1.54) is 21.9 Å². The van der Waals surface area contributed by atoms with E-state index in [4.69, 9.17) is 4.74 Å². The number of imide groups is 1. The molecule has 204 valence electrons. The van der Waals surface area contributed by atoms with Gasteiger partial charge in [0.25, 0.3) is 5.69 Å². The van der Waals surface area contributed by atoms with Crippen molar-refractivity contribution in [2.75, 3.05) is 16.3 Å². The third-order valence-electron chi connectivity index (χ3n) is 7.70. The molecule has 0 aromatic heterocycles. The number of benzene rings is 2. The molecule has 3 fully saturated rings. The van der Waals surface area contributed by atoms with E-state index < -0.39 is 16.8 Å². The minimum Gasteiger partial charge on any atom is -0.426 e. The van der Waals surface area contributed by atoms with Gasteiger partial charge in [0.1, 0.15) is 5.75 Å². The maximum absolute atomic E-state index is 13.2. The van der Waals surface area contributed by atoms with Gasteiger partial charge in [0, 0.05) is 34.2 Å². The number of esters is 1. The van der Waals surface area contributed by atoms with Crippen molar-refractivity contribution in [1.82, 2.24) is 0 Å². The Hall–Kier alpha value is -3.12. The van der Waals surface area contributed by atoms with E-state index in [9.17, 15) is 29.3 Å². The molecule has 3 aliphatic rings. The summed E-state index contributed by atoms with van der Waals surface area (Å²) in [5.74, 6) is -2.63. The summed E-state index contributed by atoms with van der Waals surface area (Å²) in [6.07, 6.45) is 1.06. The van der Waals surface area contributed by atoms with Gasteiger partial charge in [-0.15, -0.1) is 0 Å². The minimum atomic E-state index is -0.753. The zero-order chi connectivity index (χ0) is 28.2. The Balaban J connectivity index is 1.28. The number of anilines is 2. The number of amides is 3. The summed E-state index contributed by atoms with van der Waals surface area (Å²) < 4.78 is 5.56. The second-order valence-corrected chi connectivity index (χ2v) is 12.6. The van der Waals surface area contributed by atoms with Crippen LogP contribution in [0.4, 0.5) is 17.1 Å². The lowest BCUT2D eigenvalue weighted by Gasteiger charge is -2.29. The van der Waals surface area contributed by atoms with Crippen LogP contribution in [0.15, 0.2) is 36.4 Å². The molecule has 10 nitrogen and oxygen atoms in total. The molecular formula is C27H25Br2N3O7. The highest BCUT2D eigenvalue weighted by Gasteiger charge is 2.52. The molecule has 2 aromatic carbocycles. The van der Waals surface area contributed by atoms with E-state index in [1.807, 2.05) is 0 Å². The number of hydrogen-bond donors (Lipinski definition) is 0. The van der Waals surface area contributed by atoms with Crippen molar-refractivity contribution in [2.45, 2.75) is 42.8 Å². The first-order chi connectivity index (χ1) is 18.5. The van der Waals surface area contributed by atoms with Crippen molar-refractivity contribution in [2.24, 2.45) is 17.8 Å². The Labute approximate surface area is 241 Å². The maximum atomic E-state index is 13.2. The lowest BCUT2D eigenvalue weighted by atomic mass is 9.81. The average Bonchev–Trinajstić information content (AvgIpc) is 3.38. The van der Waals surface area contributed by atoms with Crippen LogP contribution in [0.3, 0.4) is 0 Å². The molecule has 1 aliphatic carbocycles. The van der Waals surface area contributed by atoms with Crippen molar-refractivity contribution in [3.05, 3.63) is 57.6 Å². The van der Waals surface area contributed by atoms with Crippen LogP contribution in [-0.4, -0.2) is 44.8 Å². The summed E-state index contributed by atoms with van der Waals surface area (Å²) in [6.45, 7) is 3.39. The zero-order valence-corrected chi connectivity index (χ0v) is 24.3. The molecule has 3 amide bonds. The van der Waals surface area contributed by atoms with Crippen LogP contribution in [-0.2, 0) is 19.2 Å². The van der Waals surface area contributed by atoms with Gasteiger partial charge in [-0.3, -0.25) is 29.3 Å². The highest BCUT2D eigenvalue weighted by Crippen LogP contribution is 2.45. The molecule has 5 rings (SSSR count). The largest absolute Gasteiger partial charge is 0.426 e. The van der Waals surface area contributed by atoms with E-state index in [2.05, 4.69) is 31.9 Å². The van der Waals surface area contributed by atoms with Crippen LogP contribution in [0.25, 0.3) is 0 Å². The van der Waals surface area contributed by atoms with Crippen LogP contribution in [0.5, 0.6) is 5.75 Å². The number of halogens is 2. The van der Waals surface area contributed by atoms with Crippen molar-refractivity contribution in [1.29, 1.82) is 0 Å². The Morgan fingerprint density at radius 3 is 2.21 bits per heavy atom. The molecular weight excluding hydrogens is 638 g/mol. The maximum Gasteiger partial charge on any atom is 0.316 e. The van der Waals surface area contributed by atoms with E-state index >= 15 is 0 Å². The summed E-state index contributed by atoms with van der Waals surface area (Å²) in [7, 11) is 0. The van der Waals surface area contributed by atoms with Gasteiger partial charge in [0.05, 0.1) is 34.1 Å². The first-order valence-electron chi connectivity index (χ1n) is 12.5. The molecule has 5 atom stereocenters. The molecule has 0 bridgehead atoms. The molecule has 0 unspecified atom stereocenters. The van der Waals surface area contributed by atoms with E-state index in [0.29, 0.717) is 35.3 Å². The van der Waals surface area contributed by atoms with Crippen molar-refractivity contribution < 1.29 is 28.8 Å². The summed E-state index contributed by atoms with van der Waals surface area (Å²) in [5, 5.41) is 11.3. The van der Waals surface area contributed by atoms with Crippen molar-refractivity contribution >= 4 is 72.6 Å². The molecule has 0 N–H and O–H groups in total. The van der Waals surface area contributed by atoms with Gasteiger partial charge in [-0.05, 0) is 56.5 Å². The quantitative estimate of drug-likeness (QED) is 0.114. The van der Waals surface area contributed by atoms with Crippen LogP contribution < -0.4 is 14.5 Å². The van der Waals surface area contributed by atoms with Gasteiger partial charge in [0.15, 0.2) is 0 Å². The molecule has 0 spiro atoms. The number of fused-ring (bicyclic) bond motifs is 1. The standard InChI is InChI=1S/C27H25Br2N3O7/c1-13-3-4-16(9-23(13)32(37)38)30-12-15(8-24(30)33)27(36)39-17-5-6-22(14(2)7-17)31-25(34)18-10-20(28)21(29)11-19(18)26(31)35/h3-7,9,15,18-21H,8,10-12H2,1-2H3/t15-,18-,19+,20+,21+/m1/s1. The summed E-state index contributed by atoms with van der Waals surface area (Å²) in [5.41, 5.74) is 1.78. The number of rotatable bonds is 5. The van der Waals surface area contributed by atoms with Gasteiger partial charge < -0.3 is 9.64 Å². The predicted molar refractivity (Wildman–Crippen MR) is 149 cm³/mol. The highest BCUT2D eigenvalue weighted by atomic mass is 79.9. The molecule has 2 aromatic rings. The molecule has 39 heavy (non-hydrogen) atoms. The predicted octanol–water partition coefficient (Wildman–Crippen LogP) is 4.60. The first kappa shape index (κ1) is 27.4. The fraction of sp³-hybridized carbons (Fsp3) is 0.407. The average molecular weight is 663 g/mol. The Bertz CT molecular complexity index is 1390. The number of carbonyl (C=O) groups is 4. The zero-order valence-electron chi connectivity index (χ0n) is 21.1. The fourth-order valence-corrected chi connectivity index (χ4v) is 6.79. The summed E-state index contributed by atoms with van der Waals surface area (Å²) in [6, 6.07) is 9.23. The third kappa shape index (κ3) is 5.00. The number of aryl methyl sites for hydroxylation is 2. The second-order valence-electron chi connectivity index (χ2n) is 10.2. The van der Waals surface area contributed by atoms with E-state index in [-0.39, 0.29) is 63.6 Å². The first-order valence-corrected chi connectivity index (χ1v) is 14.3. The molecule has 2 heterocycles. The number of nitrogens with zero attached hydrogens (tertiary/aromatic N) is 3. The Morgan fingerprint density at radius 1 is 0.974 bits per heavy atom. The number of alkyl halides is 2. The lowest BCUT2D eigenvalue weighted by Crippen LogP contribution is -2.34. The van der Waals surface area contributed by atoms with Crippen LogP contribution in [0.2, 0.25) is 0 Å². The van der Waals surface area contributed by atoms with Gasteiger partial charge in [-0.2, -0.15) is 0 Å². The third-order valence-corrected chi connectivity index (χ3v) is 10.4. The smallest absolute Gasteiger partial charge is 0.316 e. The second kappa shape index (κ2) is 10.5. The summed E-state index contributed by atoms with van der Waals surface area (Å²) >= 11 is 7.18. The van der Waals surface area contributed by atoms with Crippen LogP contribution in [0, 0.1) is 41.7 Å². The Morgan fingerprint density at radius 2 is 1.62 bits per heavy atom. The highest BCUT2D eigenvalue weighted by molar-refractivity contribution is 9.12. The van der Waals surface area contributed by atoms with Crippen molar-refractivity contribution in [3.8, 4) is 5.75 Å². The Kier molecular flexibility index (Phi) is 7.36. The monoisotopic (exact) mass is 661 g/mol. The van der Waals surface area contributed by atoms with Crippen LogP contribution >= 0.6 is 31.9 Å². The number of nitro benzene ring substituents is 1. The van der Waals surface area contributed by atoms with Crippen LogP contribution in [0.1, 0.15) is 30.4 Å². The summed E-state index contributed by atoms with van der Waals surface area (Å²) in [4.78, 5) is 65.5. The topological polar surface area (TPSA) is 127 Å². The molecule has 0 radical (unpaired) electrons. The molecule has 2 aliphatic heterocycles. The minimum absolute atomic E-state index is 0.0393. The van der Waals surface area contributed by atoms with E-state index in [1.54, 1.807) is 38.1 Å². The molecule has 12 heteroatoms.